The van der Waals surface area contributed by atoms with Gasteiger partial charge in [0.25, 0.3) is 0 Å². The van der Waals surface area contributed by atoms with Crippen LogP contribution >= 0.6 is 15.9 Å². The van der Waals surface area contributed by atoms with Gasteiger partial charge < -0.3 is 10.2 Å². The van der Waals surface area contributed by atoms with Crippen molar-refractivity contribution >= 4 is 21.9 Å². The molecule has 0 saturated carbocycles. The first kappa shape index (κ1) is 14.5. The normalized spacial score (nSPS) is 21.8. The summed E-state index contributed by atoms with van der Waals surface area (Å²) in [5, 5.41) is 20.0. The molecule has 1 aliphatic rings. The highest BCUT2D eigenvalue weighted by molar-refractivity contribution is 9.10. The van der Waals surface area contributed by atoms with E-state index in [0.717, 1.165) is 16.5 Å². The maximum atomic E-state index is 11.5. The van der Waals surface area contributed by atoms with Crippen LogP contribution in [0.15, 0.2) is 22.7 Å². The second-order valence-corrected chi connectivity index (χ2v) is 6.55. The second-order valence-electron chi connectivity index (χ2n) is 5.64. The Morgan fingerprint density at radius 2 is 2.11 bits per heavy atom. The molecule has 2 N–H and O–H groups in total. The molecule has 2 atom stereocenters. The molecule has 0 spiro atoms. The predicted octanol–water partition coefficient (Wildman–Crippen LogP) is 3.03. The van der Waals surface area contributed by atoms with Crippen LogP contribution in [0.5, 0.6) is 0 Å². The number of benzene rings is 1. The summed E-state index contributed by atoms with van der Waals surface area (Å²) in [7, 11) is 0. The molecule has 0 radical (unpaired) electrons. The van der Waals surface area contributed by atoms with E-state index in [4.69, 9.17) is 0 Å². The molecule has 4 heteroatoms. The highest BCUT2D eigenvalue weighted by atomic mass is 79.9. The van der Waals surface area contributed by atoms with Crippen molar-refractivity contribution in [2.75, 3.05) is 0 Å². The quantitative estimate of drug-likeness (QED) is 0.897. The van der Waals surface area contributed by atoms with Crippen LogP contribution in [0, 0.1) is 11.8 Å². The van der Waals surface area contributed by atoms with Crippen LogP contribution in [0.1, 0.15) is 31.4 Å². The van der Waals surface area contributed by atoms with Crippen molar-refractivity contribution in [1.82, 2.24) is 0 Å². The average Bonchev–Trinajstić information content (AvgIpc) is 2.36. The summed E-state index contributed by atoms with van der Waals surface area (Å²) < 4.78 is 1.04. The third-order valence-corrected chi connectivity index (χ3v) is 4.74. The molecule has 0 fully saturated rings. The third kappa shape index (κ3) is 2.56. The van der Waals surface area contributed by atoms with E-state index in [-0.39, 0.29) is 11.8 Å². The molecule has 0 aliphatic heterocycles. The molecule has 2 unspecified atom stereocenters. The van der Waals surface area contributed by atoms with Crippen molar-refractivity contribution in [3.05, 3.63) is 33.8 Å². The lowest BCUT2D eigenvalue weighted by molar-refractivity contribution is -0.172. The second kappa shape index (κ2) is 5.25. The van der Waals surface area contributed by atoms with E-state index in [2.05, 4.69) is 22.0 Å². The lowest BCUT2D eigenvalue weighted by Gasteiger charge is -2.38. The summed E-state index contributed by atoms with van der Waals surface area (Å²) in [6.07, 6.45) is 2.16. The number of aliphatic carboxylic acids is 1. The van der Waals surface area contributed by atoms with Gasteiger partial charge >= 0.3 is 5.97 Å². The largest absolute Gasteiger partial charge is 0.479 e. The molecule has 2 rings (SSSR count). The third-order valence-electron chi connectivity index (χ3n) is 4.24. The van der Waals surface area contributed by atoms with Crippen LogP contribution in [0.4, 0.5) is 0 Å². The van der Waals surface area contributed by atoms with Gasteiger partial charge in [0.1, 0.15) is 0 Å². The molecule has 0 aromatic heterocycles. The number of carboxylic acid groups (broad SMARTS) is 1. The van der Waals surface area contributed by atoms with Crippen LogP contribution in [-0.2, 0) is 17.6 Å². The van der Waals surface area contributed by atoms with Crippen molar-refractivity contribution < 1.29 is 15.0 Å². The Hall–Kier alpha value is -0.870. The van der Waals surface area contributed by atoms with Crippen molar-refractivity contribution in [2.24, 2.45) is 11.8 Å². The van der Waals surface area contributed by atoms with E-state index in [1.54, 1.807) is 13.8 Å². The van der Waals surface area contributed by atoms with E-state index in [0.29, 0.717) is 12.8 Å². The van der Waals surface area contributed by atoms with Crippen LogP contribution in [0.3, 0.4) is 0 Å². The SMILES string of the molecule is CC(C)C(O)(C(=O)O)C1CCc2cc(Br)ccc2C1. The summed E-state index contributed by atoms with van der Waals surface area (Å²) in [5.41, 5.74) is 0.770. The molecular weight excluding hydrogens is 308 g/mol. The molecule has 3 nitrogen and oxygen atoms in total. The molecule has 19 heavy (non-hydrogen) atoms. The Balaban J connectivity index is 2.30. The van der Waals surface area contributed by atoms with E-state index in [1.165, 1.54) is 5.56 Å². The average molecular weight is 327 g/mol. The monoisotopic (exact) mass is 326 g/mol. The van der Waals surface area contributed by atoms with Crippen LogP contribution in [0.25, 0.3) is 0 Å². The van der Waals surface area contributed by atoms with Crippen LogP contribution in [0.2, 0.25) is 0 Å². The van der Waals surface area contributed by atoms with Crippen molar-refractivity contribution in [2.45, 2.75) is 38.7 Å². The number of rotatable bonds is 3. The van der Waals surface area contributed by atoms with Gasteiger partial charge in [-0.15, -0.1) is 0 Å². The first-order chi connectivity index (χ1) is 8.85. The molecular formula is C15H19BrO3. The van der Waals surface area contributed by atoms with Gasteiger partial charge in [-0.25, -0.2) is 4.79 Å². The molecule has 1 aliphatic carbocycles. The molecule has 104 valence electrons. The summed E-state index contributed by atoms with van der Waals surface area (Å²) in [4.78, 5) is 11.5. The number of hydrogen-bond acceptors (Lipinski definition) is 2. The Bertz CT molecular complexity index is 498. The van der Waals surface area contributed by atoms with E-state index in [1.807, 2.05) is 12.1 Å². The molecule has 0 amide bonds. The maximum Gasteiger partial charge on any atom is 0.336 e. The smallest absolute Gasteiger partial charge is 0.336 e. The summed E-state index contributed by atoms with van der Waals surface area (Å²) >= 11 is 3.45. The Morgan fingerprint density at radius 3 is 2.68 bits per heavy atom. The minimum absolute atomic E-state index is 0.223. The zero-order chi connectivity index (χ0) is 14.2. The molecule has 1 aromatic carbocycles. The lowest BCUT2D eigenvalue weighted by Crippen LogP contribution is -2.52. The zero-order valence-corrected chi connectivity index (χ0v) is 12.8. The predicted molar refractivity (Wildman–Crippen MR) is 77.1 cm³/mol. The van der Waals surface area contributed by atoms with Gasteiger partial charge in [-0.2, -0.15) is 0 Å². The number of hydrogen-bond donors (Lipinski definition) is 2. The number of fused-ring (bicyclic) bond motifs is 1. The summed E-state index contributed by atoms with van der Waals surface area (Å²) in [6.45, 7) is 3.54. The highest BCUT2D eigenvalue weighted by Gasteiger charge is 2.47. The van der Waals surface area contributed by atoms with Gasteiger partial charge in [0.15, 0.2) is 5.60 Å². The van der Waals surface area contributed by atoms with Crippen molar-refractivity contribution in [3.63, 3.8) is 0 Å². The Labute approximate surface area is 121 Å². The fourth-order valence-corrected chi connectivity index (χ4v) is 3.40. The topological polar surface area (TPSA) is 57.5 Å². The Morgan fingerprint density at radius 1 is 1.42 bits per heavy atom. The summed E-state index contributed by atoms with van der Waals surface area (Å²) in [6, 6.07) is 6.07. The van der Waals surface area contributed by atoms with E-state index >= 15 is 0 Å². The standard InChI is InChI=1S/C15H19BrO3/c1-9(2)15(19,14(17)18)12-5-3-11-8-13(16)6-4-10(11)7-12/h4,6,8-9,12,19H,3,5,7H2,1-2H3,(H,17,18). The maximum absolute atomic E-state index is 11.5. The van der Waals surface area contributed by atoms with Gasteiger partial charge in [0.05, 0.1) is 0 Å². The van der Waals surface area contributed by atoms with Gasteiger partial charge in [0, 0.05) is 10.4 Å². The molecule has 0 bridgehead atoms. The lowest BCUT2D eigenvalue weighted by atomic mass is 9.70. The number of carbonyl (C=O) groups is 1. The van der Waals surface area contributed by atoms with Gasteiger partial charge in [-0.1, -0.05) is 35.8 Å². The first-order valence-electron chi connectivity index (χ1n) is 6.58. The Kier molecular flexibility index (Phi) is 4.02. The van der Waals surface area contributed by atoms with Crippen molar-refractivity contribution in [3.8, 4) is 0 Å². The number of aliphatic hydroxyl groups is 1. The van der Waals surface area contributed by atoms with Crippen LogP contribution in [-0.4, -0.2) is 21.8 Å². The van der Waals surface area contributed by atoms with Gasteiger partial charge in [-0.3, -0.25) is 0 Å². The number of carboxylic acids is 1. The van der Waals surface area contributed by atoms with E-state index in [9.17, 15) is 15.0 Å². The van der Waals surface area contributed by atoms with Crippen LogP contribution < -0.4 is 0 Å². The van der Waals surface area contributed by atoms with Crippen molar-refractivity contribution in [1.29, 1.82) is 0 Å². The number of aryl methyl sites for hydroxylation is 1. The first-order valence-corrected chi connectivity index (χ1v) is 7.38. The fraction of sp³-hybridized carbons (Fsp3) is 0.533. The number of halogens is 1. The fourth-order valence-electron chi connectivity index (χ4n) is 2.99. The van der Waals surface area contributed by atoms with Gasteiger partial charge in [-0.05, 0) is 48.4 Å². The molecule has 0 heterocycles. The zero-order valence-electron chi connectivity index (χ0n) is 11.2. The summed E-state index contributed by atoms with van der Waals surface area (Å²) in [5.74, 6) is -1.63. The minimum Gasteiger partial charge on any atom is -0.479 e. The van der Waals surface area contributed by atoms with Gasteiger partial charge in [0.2, 0.25) is 0 Å². The highest BCUT2D eigenvalue weighted by Crippen LogP contribution is 2.37. The van der Waals surface area contributed by atoms with E-state index < -0.39 is 11.6 Å². The minimum atomic E-state index is -1.63. The molecule has 1 aromatic rings. The molecule has 0 saturated heterocycles.